The summed E-state index contributed by atoms with van der Waals surface area (Å²) in [6.45, 7) is 2.17. The van der Waals surface area contributed by atoms with E-state index in [1.54, 1.807) is 0 Å². The number of hydrogen-bond donors (Lipinski definition) is 0. The molecule has 1 atom stereocenters. The Morgan fingerprint density at radius 2 is 1.65 bits per heavy atom. The van der Waals surface area contributed by atoms with Crippen molar-refractivity contribution in [1.29, 1.82) is 0 Å². The molecular formula is C21H17NO. The van der Waals surface area contributed by atoms with Crippen LogP contribution in [-0.4, -0.2) is 10.2 Å². The number of Topliss-reactive ketones (excluding diaryl/α,β-unsaturated/α-hetero) is 1. The second-order valence-corrected chi connectivity index (χ2v) is 6.73. The number of ketones is 1. The molecule has 0 radical (unpaired) electrons. The number of benzene rings is 2. The number of para-hydroxylation sites is 1. The number of carbonyl (C=O) groups excluding carboxylic acids is 1. The molecule has 0 amide bonds. The van der Waals surface area contributed by atoms with Gasteiger partial charge in [-0.3, -0.25) is 4.79 Å². The molecule has 2 aromatic heterocycles. The Labute approximate surface area is 134 Å². The van der Waals surface area contributed by atoms with E-state index in [1.807, 2.05) is 6.07 Å². The van der Waals surface area contributed by atoms with E-state index in [2.05, 4.69) is 59.9 Å². The first-order valence-electron chi connectivity index (χ1n) is 8.21. The summed E-state index contributed by atoms with van der Waals surface area (Å²) in [5.41, 5.74) is 4.53. The van der Waals surface area contributed by atoms with Gasteiger partial charge in [0.2, 0.25) is 0 Å². The largest absolute Gasteiger partial charge is 0.312 e. The van der Waals surface area contributed by atoms with Crippen LogP contribution in [0.4, 0.5) is 0 Å². The summed E-state index contributed by atoms with van der Waals surface area (Å²) < 4.78 is 2.32. The number of nitrogens with zero attached hydrogens (tertiary/aromatic N) is 1. The van der Waals surface area contributed by atoms with Crippen molar-refractivity contribution in [3.63, 3.8) is 0 Å². The van der Waals surface area contributed by atoms with Crippen LogP contribution in [0.25, 0.3) is 27.2 Å². The first-order valence-corrected chi connectivity index (χ1v) is 8.21. The van der Waals surface area contributed by atoms with Gasteiger partial charge in [0.1, 0.15) is 0 Å². The van der Waals surface area contributed by atoms with Crippen LogP contribution in [0.5, 0.6) is 0 Å². The van der Waals surface area contributed by atoms with Crippen LogP contribution in [0, 0.1) is 5.92 Å². The lowest BCUT2D eigenvalue weighted by molar-refractivity contribution is 0.0954. The maximum absolute atomic E-state index is 12.8. The van der Waals surface area contributed by atoms with Crippen molar-refractivity contribution in [2.75, 3.05) is 0 Å². The van der Waals surface area contributed by atoms with E-state index >= 15 is 0 Å². The van der Waals surface area contributed by atoms with Gasteiger partial charge < -0.3 is 4.40 Å². The fourth-order valence-corrected chi connectivity index (χ4v) is 4.16. The fourth-order valence-electron chi connectivity index (χ4n) is 4.16. The molecule has 1 unspecified atom stereocenters. The summed E-state index contributed by atoms with van der Waals surface area (Å²) in [5, 5.41) is 3.51. The van der Waals surface area contributed by atoms with Crippen LogP contribution in [-0.2, 0) is 6.42 Å². The van der Waals surface area contributed by atoms with Crippen LogP contribution in [0.3, 0.4) is 0 Å². The summed E-state index contributed by atoms with van der Waals surface area (Å²) >= 11 is 0. The van der Waals surface area contributed by atoms with Gasteiger partial charge in [-0.2, -0.15) is 0 Å². The van der Waals surface area contributed by atoms with Crippen molar-refractivity contribution in [2.24, 2.45) is 5.92 Å². The zero-order chi connectivity index (χ0) is 15.6. The van der Waals surface area contributed by atoms with Gasteiger partial charge in [0.05, 0.1) is 11.0 Å². The zero-order valence-electron chi connectivity index (χ0n) is 13.0. The molecular weight excluding hydrogens is 282 g/mol. The van der Waals surface area contributed by atoms with E-state index in [0.717, 1.165) is 17.4 Å². The first kappa shape index (κ1) is 12.9. The number of aromatic nitrogens is 1. The third-order valence-corrected chi connectivity index (χ3v) is 5.10. The Balaban J connectivity index is 2.11. The molecule has 0 N–H and O–H groups in total. The summed E-state index contributed by atoms with van der Waals surface area (Å²) in [6.07, 6.45) is 1.61. The minimum atomic E-state index is 0.287. The lowest BCUT2D eigenvalue weighted by atomic mass is 9.84. The lowest BCUT2D eigenvalue weighted by Crippen LogP contribution is -2.21. The maximum atomic E-state index is 12.8. The van der Waals surface area contributed by atoms with Crippen LogP contribution < -0.4 is 0 Å². The first-order chi connectivity index (χ1) is 11.2. The third kappa shape index (κ3) is 1.66. The van der Waals surface area contributed by atoms with E-state index in [0.29, 0.717) is 12.3 Å². The monoisotopic (exact) mass is 299 g/mol. The molecule has 0 fully saturated rings. The van der Waals surface area contributed by atoms with Crippen molar-refractivity contribution in [1.82, 2.24) is 4.40 Å². The molecule has 2 heteroatoms. The second-order valence-electron chi connectivity index (χ2n) is 6.73. The molecule has 23 heavy (non-hydrogen) atoms. The topological polar surface area (TPSA) is 21.5 Å². The molecule has 0 bridgehead atoms. The average Bonchev–Trinajstić information content (AvgIpc) is 2.94. The maximum Gasteiger partial charge on any atom is 0.165 e. The van der Waals surface area contributed by atoms with Gasteiger partial charge in [-0.05, 0) is 29.9 Å². The minimum absolute atomic E-state index is 0.287. The molecule has 2 nitrogen and oxygen atoms in total. The average molecular weight is 299 g/mol. The molecule has 0 saturated heterocycles. The molecule has 1 aliphatic rings. The van der Waals surface area contributed by atoms with Gasteiger partial charge in [0.25, 0.3) is 0 Å². The molecule has 112 valence electrons. The van der Waals surface area contributed by atoms with E-state index < -0.39 is 0 Å². The van der Waals surface area contributed by atoms with Crippen molar-refractivity contribution < 1.29 is 4.79 Å². The Bertz CT molecular complexity index is 1100. The van der Waals surface area contributed by atoms with Crippen LogP contribution >= 0.6 is 0 Å². The van der Waals surface area contributed by atoms with E-state index in [4.69, 9.17) is 0 Å². The zero-order valence-corrected chi connectivity index (χ0v) is 13.0. The van der Waals surface area contributed by atoms with E-state index in [-0.39, 0.29) is 5.78 Å². The molecule has 0 spiro atoms. The summed E-state index contributed by atoms with van der Waals surface area (Å²) in [6, 6.07) is 19.0. The number of hydrogen-bond acceptors (Lipinski definition) is 1. The molecule has 0 aliphatic heterocycles. The van der Waals surface area contributed by atoms with Gasteiger partial charge in [0.15, 0.2) is 5.78 Å². The van der Waals surface area contributed by atoms with E-state index in [9.17, 15) is 4.79 Å². The van der Waals surface area contributed by atoms with Crippen molar-refractivity contribution >= 4 is 33.0 Å². The van der Waals surface area contributed by atoms with Gasteiger partial charge in [-0.1, -0.05) is 49.4 Å². The Morgan fingerprint density at radius 1 is 0.913 bits per heavy atom. The normalized spacial score (nSPS) is 18.0. The molecule has 2 heterocycles. The highest BCUT2D eigenvalue weighted by atomic mass is 16.1. The van der Waals surface area contributed by atoms with Crippen LogP contribution in [0.1, 0.15) is 29.4 Å². The number of carbonyl (C=O) groups is 1. The van der Waals surface area contributed by atoms with Crippen LogP contribution in [0.15, 0.2) is 54.6 Å². The molecule has 2 aromatic carbocycles. The highest BCUT2D eigenvalue weighted by Gasteiger charge is 2.27. The number of fused-ring (bicyclic) bond motifs is 8. The quantitative estimate of drug-likeness (QED) is 0.447. The van der Waals surface area contributed by atoms with Crippen LogP contribution in [0.2, 0.25) is 0 Å². The minimum Gasteiger partial charge on any atom is -0.312 e. The predicted molar refractivity (Wildman–Crippen MR) is 94.2 cm³/mol. The van der Waals surface area contributed by atoms with Crippen molar-refractivity contribution in [2.45, 2.75) is 19.8 Å². The molecule has 4 aromatic rings. The predicted octanol–water partition coefficient (Wildman–Crippen LogP) is 5.01. The lowest BCUT2D eigenvalue weighted by Gasteiger charge is -2.24. The highest BCUT2D eigenvalue weighted by Crippen LogP contribution is 2.36. The molecule has 5 rings (SSSR count). The number of pyridine rings is 1. The third-order valence-electron chi connectivity index (χ3n) is 5.10. The Hall–Kier alpha value is -2.61. The van der Waals surface area contributed by atoms with Crippen molar-refractivity contribution in [3.8, 4) is 0 Å². The van der Waals surface area contributed by atoms with Gasteiger partial charge in [-0.25, -0.2) is 0 Å². The SMILES string of the molecule is CC1CC(=O)c2c(n3c4ccccc4cc3c3ccccc23)C1. The summed E-state index contributed by atoms with van der Waals surface area (Å²) in [5.74, 6) is 0.690. The fraction of sp³-hybridized carbons (Fsp3) is 0.190. The Morgan fingerprint density at radius 3 is 2.52 bits per heavy atom. The smallest absolute Gasteiger partial charge is 0.165 e. The van der Waals surface area contributed by atoms with E-state index in [1.165, 1.54) is 27.5 Å². The highest BCUT2D eigenvalue weighted by molar-refractivity contribution is 6.15. The van der Waals surface area contributed by atoms with Gasteiger partial charge in [-0.15, -0.1) is 0 Å². The van der Waals surface area contributed by atoms with Crippen molar-refractivity contribution in [3.05, 3.63) is 65.9 Å². The standard InChI is InChI=1S/C21H17NO/c1-13-10-19-21(20(23)11-13)16-8-4-3-7-15(16)18-12-14-6-2-5-9-17(14)22(18)19/h2-9,12-13H,10-11H2,1H3. The van der Waals surface area contributed by atoms with Gasteiger partial charge in [0, 0.05) is 28.5 Å². The Kier molecular flexibility index (Phi) is 2.49. The molecule has 1 aliphatic carbocycles. The summed E-state index contributed by atoms with van der Waals surface area (Å²) in [4.78, 5) is 12.8. The van der Waals surface area contributed by atoms with Gasteiger partial charge >= 0.3 is 0 Å². The number of rotatable bonds is 0. The summed E-state index contributed by atoms with van der Waals surface area (Å²) in [7, 11) is 0. The molecule has 0 saturated carbocycles. The second kappa shape index (κ2) is 4.45.